The third kappa shape index (κ3) is 4.93. The molecule has 0 saturated heterocycles. The van der Waals surface area contributed by atoms with Crippen molar-refractivity contribution in [3.05, 3.63) is 42.1 Å². The van der Waals surface area contributed by atoms with Crippen LogP contribution in [0.3, 0.4) is 0 Å². The van der Waals surface area contributed by atoms with Crippen LogP contribution in [0, 0.1) is 5.92 Å². The zero-order chi connectivity index (χ0) is 16.8. The van der Waals surface area contributed by atoms with Gasteiger partial charge in [-0.05, 0) is 26.0 Å². The van der Waals surface area contributed by atoms with Crippen LogP contribution in [-0.2, 0) is 4.79 Å². The highest BCUT2D eigenvalue weighted by molar-refractivity contribution is 5.78. The van der Waals surface area contributed by atoms with E-state index in [2.05, 4.69) is 36.3 Å². The molecule has 124 valence electrons. The van der Waals surface area contributed by atoms with E-state index in [9.17, 15) is 4.79 Å². The fourth-order valence-electron chi connectivity index (χ4n) is 2.28. The van der Waals surface area contributed by atoms with Crippen molar-refractivity contribution in [2.75, 3.05) is 20.1 Å². The lowest BCUT2D eigenvalue weighted by atomic mass is 10.1. The lowest BCUT2D eigenvalue weighted by molar-refractivity contribution is -0.122. The number of aromatic nitrogens is 2. The average Bonchev–Trinajstić information content (AvgIpc) is 3.03. The molecule has 0 unspecified atom stereocenters. The molecule has 2 N–H and O–H groups in total. The number of likely N-dealkylation sites (N-methyl/N-ethyl adjacent to an activating group) is 1. The van der Waals surface area contributed by atoms with Crippen LogP contribution in [0.5, 0.6) is 0 Å². The second-order valence-corrected chi connectivity index (χ2v) is 6.36. The third-order valence-corrected chi connectivity index (χ3v) is 3.88. The largest absolute Gasteiger partial charge is 0.355 e. The minimum Gasteiger partial charge on any atom is -0.355 e. The SMILES string of the molecule is CC(C)CNC(=O)CN(C)[C@@H](C)c1cc(-c2ccccc2)n[nH]1. The van der Waals surface area contributed by atoms with Crippen LogP contribution < -0.4 is 5.32 Å². The first-order valence-corrected chi connectivity index (χ1v) is 8.05. The highest BCUT2D eigenvalue weighted by atomic mass is 16.2. The Labute approximate surface area is 138 Å². The Morgan fingerprint density at radius 2 is 1.96 bits per heavy atom. The van der Waals surface area contributed by atoms with Gasteiger partial charge in [-0.15, -0.1) is 0 Å². The lowest BCUT2D eigenvalue weighted by Gasteiger charge is -2.23. The maximum Gasteiger partial charge on any atom is 0.234 e. The minimum atomic E-state index is 0.0517. The number of nitrogens with zero attached hydrogens (tertiary/aromatic N) is 2. The van der Waals surface area contributed by atoms with E-state index in [0.717, 1.165) is 17.0 Å². The van der Waals surface area contributed by atoms with E-state index >= 15 is 0 Å². The molecule has 0 radical (unpaired) electrons. The zero-order valence-electron chi connectivity index (χ0n) is 14.3. The van der Waals surface area contributed by atoms with Crippen molar-refractivity contribution in [2.24, 2.45) is 5.92 Å². The van der Waals surface area contributed by atoms with Crippen molar-refractivity contribution in [1.29, 1.82) is 0 Å². The molecule has 0 saturated carbocycles. The van der Waals surface area contributed by atoms with E-state index in [1.165, 1.54) is 0 Å². The van der Waals surface area contributed by atoms with Crippen LogP contribution in [0.15, 0.2) is 36.4 Å². The lowest BCUT2D eigenvalue weighted by Crippen LogP contribution is -2.37. The summed E-state index contributed by atoms with van der Waals surface area (Å²) in [6, 6.07) is 12.2. The Balaban J connectivity index is 1.96. The van der Waals surface area contributed by atoms with Gasteiger partial charge < -0.3 is 5.32 Å². The molecule has 1 aromatic carbocycles. The Kier molecular flexibility index (Phi) is 5.93. The molecule has 1 atom stereocenters. The van der Waals surface area contributed by atoms with E-state index in [0.29, 0.717) is 19.0 Å². The third-order valence-electron chi connectivity index (χ3n) is 3.88. The summed E-state index contributed by atoms with van der Waals surface area (Å²) in [6.07, 6.45) is 0. The number of amides is 1. The van der Waals surface area contributed by atoms with Crippen LogP contribution >= 0.6 is 0 Å². The van der Waals surface area contributed by atoms with E-state index in [4.69, 9.17) is 0 Å². The summed E-state index contributed by atoms with van der Waals surface area (Å²) in [7, 11) is 1.95. The molecule has 0 spiro atoms. The Morgan fingerprint density at radius 1 is 1.26 bits per heavy atom. The van der Waals surface area contributed by atoms with Crippen molar-refractivity contribution >= 4 is 5.91 Å². The molecule has 2 rings (SSSR count). The van der Waals surface area contributed by atoms with Gasteiger partial charge in [0.05, 0.1) is 17.9 Å². The van der Waals surface area contributed by atoms with Crippen LogP contribution in [0.2, 0.25) is 0 Å². The maximum absolute atomic E-state index is 11.9. The van der Waals surface area contributed by atoms with Gasteiger partial charge in [-0.1, -0.05) is 44.2 Å². The van der Waals surface area contributed by atoms with Crippen molar-refractivity contribution in [2.45, 2.75) is 26.8 Å². The quantitative estimate of drug-likeness (QED) is 0.826. The molecule has 0 aliphatic heterocycles. The van der Waals surface area contributed by atoms with E-state index < -0.39 is 0 Å². The number of carbonyl (C=O) groups is 1. The maximum atomic E-state index is 11.9. The topological polar surface area (TPSA) is 61.0 Å². The molecule has 1 amide bonds. The highest BCUT2D eigenvalue weighted by Crippen LogP contribution is 2.22. The predicted molar refractivity (Wildman–Crippen MR) is 92.9 cm³/mol. The number of H-pyrrole nitrogens is 1. The van der Waals surface area contributed by atoms with Crippen LogP contribution in [0.25, 0.3) is 11.3 Å². The van der Waals surface area contributed by atoms with Crippen LogP contribution in [0.1, 0.15) is 32.5 Å². The number of aromatic amines is 1. The Bertz CT molecular complexity index is 621. The second kappa shape index (κ2) is 7.92. The first kappa shape index (κ1) is 17.2. The van der Waals surface area contributed by atoms with Gasteiger partial charge in [0.15, 0.2) is 0 Å². The van der Waals surface area contributed by atoms with Gasteiger partial charge in [-0.3, -0.25) is 14.8 Å². The number of hydrogen-bond acceptors (Lipinski definition) is 3. The van der Waals surface area contributed by atoms with Crippen molar-refractivity contribution in [1.82, 2.24) is 20.4 Å². The van der Waals surface area contributed by atoms with Crippen LogP contribution in [0.4, 0.5) is 0 Å². The number of hydrogen-bond donors (Lipinski definition) is 2. The summed E-state index contributed by atoms with van der Waals surface area (Å²) in [4.78, 5) is 14.0. The van der Waals surface area contributed by atoms with E-state index in [1.807, 2.05) is 48.3 Å². The molecule has 5 nitrogen and oxygen atoms in total. The Morgan fingerprint density at radius 3 is 2.61 bits per heavy atom. The first-order chi connectivity index (χ1) is 11.0. The van der Waals surface area contributed by atoms with Crippen molar-refractivity contribution in [3.8, 4) is 11.3 Å². The summed E-state index contributed by atoms with van der Waals surface area (Å²) < 4.78 is 0. The Hall–Kier alpha value is -2.14. The highest BCUT2D eigenvalue weighted by Gasteiger charge is 2.17. The summed E-state index contributed by atoms with van der Waals surface area (Å²) in [5, 5.41) is 10.4. The van der Waals surface area contributed by atoms with Gasteiger partial charge in [-0.25, -0.2) is 0 Å². The van der Waals surface area contributed by atoms with E-state index in [1.54, 1.807) is 0 Å². The molecule has 2 aromatic rings. The average molecular weight is 314 g/mol. The smallest absolute Gasteiger partial charge is 0.234 e. The number of rotatable bonds is 7. The molecular formula is C18H26N4O. The van der Waals surface area contributed by atoms with Gasteiger partial charge >= 0.3 is 0 Å². The monoisotopic (exact) mass is 314 g/mol. The summed E-state index contributed by atoms with van der Waals surface area (Å²) in [6.45, 7) is 7.32. The van der Waals surface area contributed by atoms with Crippen LogP contribution in [-0.4, -0.2) is 41.1 Å². The zero-order valence-corrected chi connectivity index (χ0v) is 14.3. The first-order valence-electron chi connectivity index (χ1n) is 8.05. The number of carbonyl (C=O) groups excluding carboxylic acids is 1. The van der Waals surface area contributed by atoms with Gasteiger partial charge in [-0.2, -0.15) is 5.10 Å². The number of benzene rings is 1. The van der Waals surface area contributed by atoms with Crippen molar-refractivity contribution in [3.63, 3.8) is 0 Å². The normalized spacial score (nSPS) is 12.6. The molecule has 0 bridgehead atoms. The molecule has 0 aliphatic carbocycles. The summed E-state index contributed by atoms with van der Waals surface area (Å²) in [5.41, 5.74) is 3.01. The van der Waals surface area contributed by atoms with E-state index in [-0.39, 0.29) is 11.9 Å². The molecule has 5 heteroatoms. The van der Waals surface area contributed by atoms with Gasteiger partial charge in [0.25, 0.3) is 0 Å². The predicted octanol–water partition coefficient (Wildman–Crippen LogP) is 2.84. The molecule has 23 heavy (non-hydrogen) atoms. The molecule has 0 fully saturated rings. The van der Waals surface area contributed by atoms with Gasteiger partial charge in [0.2, 0.25) is 5.91 Å². The summed E-state index contributed by atoms with van der Waals surface area (Å²) >= 11 is 0. The minimum absolute atomic E-state index is 0.0517. The van der Waals surface area contributed by atoms with Gasteiger partial charge in [0.1, 0.15) is 0 Å². The summed E-state index contributed by atoms with van der Waals surface area (Å²) in [5.74, 6) is 0.513. The molecule has 1 heterocycles. The second-order valence-electron chi connectivity index (χ2n) is 6.36. The fourth-order valence-corrected chi connectivity index (χ4v) is 2.28. The van der Waals surface area contributed by atoms with Crippen molar-refractivity contribution < 1.29 is 4.79 Å². The standard InChI is InChI=1S/C18H26N4O/c1-13(2)11-19-18(23)12-22(4)14(3)16-10-17(21-20-16)15-8-6-5-7-9-15/h5-10,13-14H,11-12H2,1-4H3,(H,19,23)(H,20,21)/t14-/m0/s1. The van der Waals surface area contributed by atoms with Gasteiger partial charge in [0, 0.05) is 18.2 Å². The molecular weight excluding hydrogens is 288 g/mol. The fraction of sp³-hybridized carbons (Fsp3) is 0.444. The number of nitrogens with one attached hydrogen (secondary N) is 2. The molecule has 0 aliphatic rings. The molecule has 1 aromatic heterocycles.